The number of carboxylic acid groups (broad SMARTS) is 1. The van der Waals surface area contributed by atoms with Gasteiger partial charge in [-0.05, 0) is 30.5 Å². The second kappa shape index (κ2) is 14.4. The number of carbonyl (C=O) groups is 1. The van der Waals surface area contributed by atoms with Crippen LogP contribution in [0.4, 0.5) is 11.6 Å². The van der Waals surface area contributed by atoms with E-state index in [0.29, 0.717) is 57.1 Å². The highest BCUT2D eigenvalue weighted by atomic mass is 16.5. The van der Waals surface area contributed by atoms with Crippen LogP contribution in [0.2, 0.25) is 0 Å². The van der Waals surface area contributed by atoms with Crippen LogP contribution in [0.25, 0.3) is 16.9 Å². The number of aromatic amines is 1. The Balaban J connectivity index is 1.47. The topological polar surface area (TPSA) is 189 Å². The number of hydrogen-bond donors (Lipinski definition) is 6. The number of H-pyrrole nitrogens is 1. The molecule has 1 aromatic carbocycles. The summed E-state index contributed by atoms with van der Waals surface area (Å²) in [4.78, 5) is 38.6. The quantitative estimate of drug-likeness (QED) is 0.136. The van der Waals surface area contributed by atoms with Gasteiger partial charge in [0.1, 0.15) is 6.04 Å². The molecule has 3 rings (SSSR count). The van der Waals surface area contributed by atoms with E-state index in [1.807, 2.05) is 24.3 Å². The molecule has 3 aromatic rings. The number of methoxy groups -OCH3 is 1. The first-order chi connectivity index (χ1) is 18.8. The predicted molar refractivity (Wildman–Crippen MR) is 149 cm³/mol. The second-order valence-corrected chi connectivity index (χ2v) is 8.60. The number of allylic oxidation sites excluding steroid dienone is 1. The molecule has 0 aliphatic heterocycles. The fraction of sp³-hybridized carbons (Fsp3) is 0.346. The maximum atomic E-state index is 12.0. The molecular weight excluding hydrogens is 504 g/mol. The lowest BCUT2D eigenvalue weighted by atomic mass is 10.1. The monoisotopic (exact) mass is 538 g/mol. The molecule has 2 heterocycles. The molecule has 2 aromatic heterocycles. The van der Waals surface area contributed by atoms with Crippen LogP contribution in [0.3, 0.4) is 0 Å². The summed E-state index contributed by atoms with van der Waals surface area (Å²) in [7, 11) is 1.61. The molecule has 39 heavy (non-hydrogen) atoms. The third-order valence-corrected chi connectivity index (χ3v) is 5.63. The Hall–Kier alpha value is -4.49. The standard InChI is InChI=1S/C26H34N8O5/c1-16(28-10-11-39-13-12-38-3)4-9-21(25(36)37)31-17(2)18-5-7-19(8-6-18)29-14-20-15-30-23-22(32-20)24(35)34-26(27)33-23/h5-8,15,21,28-29,31H,1-2,4,9-14H2,3H3,(H,36,37)(H3,27,30,33,34,35). The van der Waals surface area contributed by atoms with E-state index in [1.54, 1.807) is 7.11 Å². The zero-order valence-electron chi connectivity index (χ0n) is 21.8. The van der Waals surface area contributed by atoms with Crippen LogP contribution in [-0.4, -0.2) is 70.5 Å². The number of fused-ring (bicyclic) bond motifs is 1. The molecule has 0 saturated heterocycles. The van der Waals surface area contributed by atoms with Crippen LogP contribution in [0.5, 0.6) is 0 Å². The van der Waals surface area contributed by atoms with Crippen molar-refractivity contribution in [2.75, 3.05) is 44.5 Å². The lowest BCUT2D eigenvalue weighted by Crippen LogP contribution is -2.35. The summed E-state index contributed by atoms with van der Waals surface area (Å²) in [6.45, 7) is 10.4. The van der Waals surface area contributed by atoms with E-state index in [4.69, 9.17) is 15.2 Å². The molecule has 0 aliphatic carbocycles. The van der Waals surface area contributed by atoms with Crippen LogP contribution in [0.1, 0.15) is 24.1 Å². The van der Waals surface area contributed by atoms with Gasteiger partial charge in [0.25, 0.3) is 5.56 Å². The number of aliphatic carboxylic acids is 1. The van der Waals surface area contributed by atoms with Crippen molar-refractivity contribution in [2.45, 2.75) is 25.4 Å². The summed E-state index contributed by atoms with van der Waals surface area (Å²) in [6, 6.07) is 6.49. The molecule has 0 radical (unpaired) electrons. The normalized spacial score (nSPS) is 11.6. The summed E-state index contributed by atoms with van der Waals surface area (Å²) in [5.74, 6) is -0.991. The van der Waals surface area contributed by atoms with Crippen LogP contribution in [0.15, 0.2) is 54.1 Å². The third-order valence-electron chi connectivity index (χ3n) is 5.63. The Bertz CT molecular complexity index is 1340. The largest absolute Gasteiger partial charge is 0.480 e. The van der Waals surface area contributed by atoms with Gasteiger partial charge < -0.3 is 36.3 Å². The van der Waals surface area contributed by atoms with Gasteiger partial charge in [0.15, 0.2) is 11.2 Å². The minimum absolute atomic E-state index is 0.0171. The highest BCUT2D eigenvalue weighted by Crippen LogP contribution is 2.17. The number of nitrogens with two attached hydrogens (primary N) is 1. The number of hydrogen-bond acceptors (Lipinski definition) is 11. The molecule has 1 unspecified atom stereocenters. The lowest BCUT2D eigenvalue weighted by Gasteiger charge is -2.19. The number of nitrogen functional groups attached to an aromatic ring is 1. The molecule has 1 atom stereocenters. The molecule has 208 valence electrons. The summed E-state index contributed by atoms with van der Waals surface area (Å²) >= 11 is 0. The number of aromatic nitrogens is 4. The highest BCUT2D eigenvalue weighted by molar-refractivity contribution is 5.77. The first kappa shape index (κ1) is 29.1. The molecule has 0 amide bonds. The van der Waals surface area contributed by atoms with Crippen molar-refractivity contribution in [1.82, 2.24) is 30.6 Å². The maximum absolute atomic E-state index is 12.0. The highest BCUT2D eigenvalue weighted by Gasteiger charge is 2.18. The molecule has 13 heteroatoms. The van der Waals surface area contributed by atoms with Gasteiger partial charge >= 0.3 is 5.97 Å². The van der Waals surface area contributed by atoms with Crippen molar-refractivity contribution in [1.29, 1.82) is 0 Å². The van der Waals surface area contributed by atoms with E-state index in [-0.39, 0.29) is 17.1 Å². The van der Waals surface area contributed by atoms with Gasteiger partial charge in [-0.1, -0.05) is 25.3 Å². The first-order valence-electron chi connectivity index (χ1n) is 12.3. The molecule has 0 bridgehead atoms. The SMILES string of the molecule is C=C(CCC(NC(=C)c1ccc(NCc2cnc3nc(N)[nH]c(=O)c3n2)cc1)C(=O)O)NCCOCCOC. The summed E-state index contributed by atoms with van der Waals surface area (Å²) in [6.07, 6.45) is 2.33. The van der Waals surface area contributed by atoms with E-state index < -0.39 is 17.6 Å². The Kier molecular flexibility index (Phi) is 10.8. The summed E-state index contributed by atoms with van der Waals surface area (Å²) in [5, 5.41) is 19.0. The Morgan fingerprint density at radius 2 is 1.95 bits per heavy atom. The smallest absolute Gasteiger partial charge is 0.326 e. The van der Waals surface area contributed by atoms with Crippen molar-refractivity contribution in [3.8, 4) is 0 Å². The van der Waals surface area contributed by atoms with E-state index in [2.05, 4.69) is 49.0 Å². The Morgan fingerprint density at radius 3 is 2.67 bits per heavy atom. The zero-order chi connectivity index (χ0) is 28.2. The average molecular weight is 539 g/mol. The van der Waals surface area contributed by atoms with Crippen LogP contribution in [0, 0.1) is 0 Å². The number of rotatable bonds is 17. The zero-order valence-corrected chi connectivity index (χ0v) is 21.8. The Labute approximate surface area is 225 Å². The fourth-order valence-electron chi connectivity index (χ4n) is 3.54. The van der Waals surface area contributed by atoms with Crippen molar-refractivity contribution < 1.29 is 19.4 Å². The van der Waals surface area contributed by atoms with Gasteiger partial charge in [-0.15, -0.1) is 0 Å². The molecule has 13 nitrogen and oxygen atoms in total. The van der Waals surface area contributed by atoms with Crippen molar-refractivity contribution in [3.05, 3.63) is 70.9 Å². The number of benzene rings is 1. The molecule has 0 spiro atoms. The summed E-state index contributed by atoms with van der Waals surface area (Å²) < 4.78 is 10.3. The Morgan fingerprint density at radius 1 is 1.18 bits per heavy atom. The molecule has 0 fully saturated rings. The maximum Gasteiger partial charge on any atom is 0.326 e. The number of carboxylic acids is 1. The minimum atomic E-state index is -0.974. The molecular formula is C26H34N8O5. The van der Waals surface area contributed by atoms with Gasteiger partial charge in [-0.3, -0.25) is 9.78 Å². The molecule has 0 saturated carbocycles. The van der Waals surface area contributed by atoms with Crippen molar-refractivity contribution in [2.24, 2.45) is 0 Å². The molecule has 0 aliphatic rings. The van der Waals surface area contributed by atoms with Gasteiger partial charge in [0.2, 0.25) is 5.95 Å². The van der Waals surface area contributed by atoms with Crippen LogP contribution in [-0.2, 0) is 20.8 Å². The fourth-order valence-corrected chi connectivity index (χ4v) is 3.54. The van der Waals surface area contributed by atoms with E-state index in [9.17, 15) is 14.7 Å². The number of nitrogens with one attached hydrogen (secondary N) is 4. The number of nitrogens with zero attached hydrogens (tertiary/aromatic N) is 3. The van der Waals surface area contributed by atoms with E-state index in [0.717, 1.165) is 16.9 Å². The third kappa shape index (κ3) is 9.09. The molecule has 7 N–H and O–H groups in total. The summed E-state index contributed by atoms with van der Waals surface area (Å²) in [5.41, 5.74) is 8.69. The van der Waals surface area contributed by atoms with E-state index >= 15 is 0 Å². The van der Waals surface area contributed by atoms with E-state index in [1.165, 1.54) is 6.20 Å². The first-order valence-corrected chi connectivity index (χ1v) is 12.3. The van der Waals surface area contributed by atoms with Crippen molar-refractivity contribution >= 4 is 34.5 Å². The number of anilines is 2. The van der Waals surface area contributed by atoms with Gasteiger partial charge in [-0.2, -0.15) is 4.98 Å². The van der Waals surface area contributed by atoms with Gasteiger partial charge in [-0.25, -0.2) is 14.8 Å². The average Bonchev–Trinajstić information content (AvgIpc) is 2.91. The number of ether oxygens (including phenoxy) is 2. The minimum Gasteiger partial charge on any atom is -0.480 e. The predicted octanol–water partition coefficient (Wildman–Crippen LogP) is 1.47. The van der Waals surface area contributed by atoms with Crippen molar-refractivity contribution in [3.63, 3.8) is 0 Å². The van der Waals surface area contributed by atoms with Gasteiger partial charge in [0.05, 0.1) is 38.3 Å². The lowest BCUT2D eigenvalue weighted by molar-refractivity contribution is -0.139. The van der Waals surface area contributed by atoms with Gasteiger partial charge in [0, 0.05) is 30.7 Å². The van der Waals surface area contributed by atoms with Crippen LogP contribution >= 0.6 is 0 Å². The second-order valence-electron chi connectivity index (χ2n) is 8.60. The van der Waals surface area contributed by atoms with Crippen LogP contribution < -0.4 is 27.2 Å².